The first kappa shape index (κ1) is 15.4. The molecule has 0 aliphatic rings. The van der Waals surface area contributed by atoms with E-state index in [1.165, 1.54) is 6.07 Å². The molecule has 0 bridgehead atoms. The van der Waals surface area contributed by atoms with E-state index in [0.717, 1.165) is 15.6 Å². The Bertz CT molecular complexity index is 619. The summed E-state index contributed by atoms with van der Waals surface area (Å²) in [4.78, 5) is 0. The number of nitrogens with one attached hydrogen (secondary N) is 1. The van der Waals surface area contributed by atoms with Gasteiger partial charge in [-0.1, -0.05) is 45.7 Å². The van der Waals surface area contributed by atoms with E-state index >= 15 is 0 Å². The molecule has 0 radical (unpaired) electrons. The third-order valence-corrected chi connectivity index (χ3v) is 4.24. The Balaban J connectivity index is 2.34. The Kier molecular flexibility index (Phi) is 5.16. The number of aryl methyl sites for hydroxylation is 1. The lowest BCUT2D eigenvalue weighted by atomic mass is 9.97. The summed E-state index contributed by atoms with van der Waals surface area (Å²) in [5, 5.41) is 0.658. The highest BCUT2D eigenvalue weighted by molar-refractivity contribution is 9.10. The molecule has 106 valence electrons. The number of rotatable bonds is 4. The van der Waals surface area contributed by atoms with Crippen molar-refractivity contribution >= 4 is 27.5 Å². The van der Waals surface area contributed by atoms with Crippen molar-refractivity contribution in [3.8, 4) is 0 Å². The van der Waals surface area contributed by atoms with E-state index in [-0.39, 0.29) is 11.9 Å². The van der Waals surface area contributed by atoms with Crippen molar-refractivity contribution in [3.63, 3.8) is 0 Å². The molecular formula is C15H15BrClFN2. The van der Waals surface area contributed by atoms with E-state index in [4.69, 9.17) is 17.4 Å². The maximum Gasteiger partial charge on any atom is 0.126 e. The molecule has 2 aromatic carbocycles. The molecule has 1 unspecified atom stereocenters. The van der Waals surface area contributed by atoms with Gasteiger partial charge in [-0.2, -0.15) is 0 Å². The maximum atomic E-state index is 13.8. The predicted octanol–water partition coefficient (Wildman–Crippen LogP) is 4.30. The molecule has 20 heavy (non-hydrogen) atoms. The Morgan fingerprint density at radius 2 is 2.10 bits per heavy atom. The number of hydrogen-bond donors (Lipinski definition) is 2. The quantitative estimate of drug-likeness (QED) is 0.632. The largest absolute Gasteiger partial charge is 0.271 e. The molecule has 0 aliphatic heterocycles. The van der Waals surface area contributed by atoms with Gasteiger partial charge in [-0.3, -0.25) is 11.3 Å². The molecule has 0 saturated carbocycles. The predicted molar refractivity (Wildman–Crippen MR) is 84.1 cm³/mol. The van der Waals surface area contributed by atoms with Gasteiger partial charge in [0.2, 0.25) is 0 Å². The highest BCUT2D eigenvalue weighted by Crippen LogP contribution is 2.29. The van der Waals surface area contributed by atoms with E-state index in [1.54, 1.807) is 12.1 Å². The molecule has 0 saturated heterocycles. The molecule has 2 nitrogen and oxygen atoms in total. The molecule has 0 aliphatic carbocycles. The maximum absolute atomic E-state index is 13.8. The van der Waals surface area contributed by atoms with Crippen LogP contribution in [0.4, 0.5) is 4.39 Å². The fourth-order valence-corrected chi connectivity index (χ4v) is 2.78. The smallest absolute Gasteiger partial charge is 0.126 e. The van der Waals surface area contributed by atoms with Crippen molar-refractivity contribution in [2.75, 3.05) is 0 Å². The zero-order valence-corrected chi connectivity index (χ0v) is 13.3. The van der Waals surface area contributed by atoms with Gasteiger partial charge in [-0.25, -0.2) is 4.39 Å². The van der Waals surface area contributed by atoms with E-state index in [0.29, 0.717) is 17.0 Å². The average Bonchev–Trinajstić information content (AvgIpc) is 2.43. The van der Waals surface area contributed by atoms with Crippen LogP contribution in [0.15, 0.2) is 40.9 Å². The summed E-state index contributed by atoms with van der Waals surface area (Å²) in [5.41, 5.74) is 5.14. The van der Waals surface area contributed by atoms with Crippen molar-refractivity contribution in [3.05, 3.63) is 68.4 Å². The average molecular weight is 358 g/mol. The lowest BCUT2D eigenvalue weighted by Gasteiger charge is -2.19. The van der Waals surface area contributed by atoms with Crippen LogP contribution in [0, 0.1) is 12.7 Å². The van der Waals surface area contributed by atoms with Crippen molar-refractivity contribution in [1.82, 2.24) is 5.43 Å². The zero-order chi connectivity index (χ0) is 14.7. The van der Waals surface area contributed by atoms with E-state index in [2.05, 4.69) is 21.4 Å². The summed E-state index contributed by atoms with van der Waals surface area (Å²) in [6.07, 6.45) is 0.422. The summed E-state index contributed by atoms with van der Waals surface area (Å²) in [6.45, 7) is 1.93. The minimum atomic E-state index is -0.253. The van der Waals surface area contributed by atoms with Gasteiger partial charge >= 0.3 is 0 Å². The standard InChI is InChI=1S/C15H15BrClFN2/c1-9-3-2-4-12(15(9)17)14(20-19)8-10-7-11(16)5-6-13(10)18/h2-7,14,20H,8,19H2,1H3. The van der Waals surface area contributed by atoms with Crippen molar-refractivity contribution in [1.29, 1.82) is 0 Å². The Morgan fingerprint density at radius 3 is 2.80 bits per heavy atom. The van der Waals surface area contributed by atoms with Crippen LogP contribution in [0.1, 0.15) is 22.7 Å². The van der Waals surface area contributed by atoms with Crippen LogP contribution in [-0.2, 0) is 6.42 Å². The Labute approximate surface area is 131 Å². The third-order valence-electron chi connectivity index (χ3n) is 3.23. The first-order valence-electron chi connectivity index (χ1n) is 6.18. The van der Waals surface area contributed by atoms with Crippen LogP contribution >= 0.6 is 27.5 Å². The number of nitrogens with two attached hydrogens (primary N) is 1. The van der Waals surface area contributed by atoms with Gasteiger partial charge in [0.15, 0.2) is 0 Å². The molecule has 3 N–H and O–H groups in total. The van der Waals surface area contributed by atoms with Crippen molar-refractivity contribution in [2.24, 2.45) is 5.84 Å². The van der Waals surface area contributed by atoms with Gasteiger partial charge in [0.05, 0.1) is 6.04 Å². The monoisotopic (exact) mass is 356 g/mol. The van der Waals surface area contributed by atoms with Crippen molar-refractivity contribution in [2.45, 2.75) is 19.4 Å². The summed E-state index contributed by atoms with van der Waals surface area (Å²) < 4.78 is 14.7. The topological polar surface area (TPSA) is 38.0 Å². The van der Waals surface area contributed by atoms with Gasteiger partial charge in [0.25, 0.3) is 0 Å². The minimum absolute atomic E-state index is 0.244. The second-order valence-corrected chi connectivity index (χ2v) is 5.93. The fraction of sp³-hybridized carbons (Fsp3) is 0.200. The molecule has 0 heterocycles. The van der Waals surface area contributed by atoms with Crippen LogP contribution in [0.25, 0.3) is 0 Å². The molecule has 2 aromatic rings. The molecular weight excluding hydrogens is 343 g/mol. The second-order valence-electron chi connectivity index (χ2n) is 4.64. The summed E-state index contributed by atoms with van der Waals surface area (Å²) in [7, 11) is 0. The summed E-state index contributed by atoms with van der Waals surface area (Å²) in [5.74, 6) is 5.36. The minimum Gasteiger partial charge on any atom is -0.271 e. The van der Waals surface area contributed by atoms with Gasteiger partial charge in [0.1, 0.15) is 5.82 Å². The molecule has 0 amide bonds. The van der Waals surface area contributed by atoms with Crippen LogP contribution in [-0.4, -0.2) is 0 Å². The van der Waals surface area contributed by atoms with Gasteiger partial charge in [0, 0.05) is 9.50 Å². The van der Waals surface area contributed by atoms with Crippen LogP contribution in [0.3, 0.4) is 0 Å². The lowest BCUT2D eigenvalue weighted by molar-refractivity contribution is 0.529. The number of hydrogen-bond acceptors (Lipinski definition) is 2. The van der Waals surface area contributed by atoms with Crippen LogP contribution in [0.2, 0.25) is 5.02 Å². The van der Waals surface area contributed by atoms with E-state index < -0.39 is 0 Å². The van der Waals surface area contributed by atoms with E-state index in [1.807, 2.05) is 25.1 Å². The number of halogens is 3. The van der Waals surface area contributed by atoms with Crippen LogP contribution in [0.5, 0.6) is 0 Å². The van der Waals surface area contributed by atoms with Gasteiger partial charge < -0.3 is 0 Å². The van der Waals surface area contributed by atoms with Crippen molar-refractivity contribution < 1.29 is 4.39 Å². The zero-order valence-electron chi connectivity index (χ0n) is 11.0. The van der Waals surface area contributed by atoms with Gasteiger partial charge in [-0.05, 0) is 48.2 Å². The molecule has 5 heteroatoms. The molecule has 0 spiro atoms. The fourth-order valence-electron chi connectivity index (χ4n) is 2.12. The van der Waals surface area contributed by atoms with E-state index in [9.17, 15) is 4.39 Å². The molecule has 0 fully saturated rings. The lowest BCUT2D eigenvalue weighted by Crippen LogP contribution is -2.30. The van der Waals surface area contributed by atoms with Gasteiger partial charge in [-0.15, -0.1) is 0 Å². The first-order chi connectivity index (χ1) is 9.52. The summed E-state index contributed by atoms with van der Waals surface area (Å²) in [6, 6.07) is 10.4. The van der Waals surface area contributed by atoms with Crippen LogP contribution < -0.4 is 11.3 Å². The number of benzene rings is 2. The Hall–Kier alpha value is -0.940. The highest BCUT2D eigenvalue weighted by atomic mass is 79.9. The first-order valence-corrected chi connectivity index (χ1v) is 7.35. The third kappa shape index (κ3) is 3.38. The second kappa shape index (κ2) is 6.68. The molecule has 1 atom stereocenters. The summed E-state index contributed by atoms with van der Waals surface area (Å²) >= 11 is 9.65. The normalized spacial score (nSPS) is 12.4. The molecule has 0 aromatic heterocycles. The SMILES string of the molecule is Cc1cccc(C(Cc2cc(Br)ccc2F)NN)c1Cl. The molecule has 2 rings (SSSR count). The Morgan fingerprint density at radius 1 is 1.35 bits per heavy atom. The highest BCUT2D eigenvalue weighted by Gasteiger charge is 2.17. The number of hydrazine groups is 1.